The minimum absolute atomic E-state index is 0.0300. The molecule has 0 unspecified atom stereocenters. The number of halogens is 1. The second-order valence-electron chi connectivity index (χ2n) is 4.78. The predicted molar refractivity (Wildman–Crippen MR) is 89.0 cm³/mol. The van der Waals surface area contributed by atoms with Gasteiger partial charge in [-0.05, 0) is 28.6 Å². The lowest BCUT2D eigenvalue weighted by Crippen LogP contribution is -2.21. The largest absolute Gasteiger partial charge is 0.347 e. The number of hydrogen-bond acceptors (Lipinski definition) is 2. The molecule has 0 aliphatic heterocycles. The second kappa shape index (κ2) is 6.29. The number of amides is 1. The highest BCUT2D eigenvalue weighted by Gasteiger charge is 2.09. The number of thiophene rings is 1. The third-order valence-electron chi connectivity index (χ3n) is 3.28. The van der Waals surface area contributed by atoms with Crippen LogP contribution in [0.1, 0.15) is 20.8 Å². The number of fused-ring (bicyclic) bond motifs is 1. The number of alkyl halides is 1. The summed E-state index contributed by atoms with van der Waals surface area (Å²) < 4.78 is 1.13. The Kier molecular flexibility index (Phi) is 4.23. The van der Waals surface area contributed by atoms with Crippen molar-refractivity contribution in [2.45, 2.75) is 12.4 Å². The van der Waals surface area contributed by atoms with Crippen molar-refractivity contribution in [3.63, 3.8) is 0 Å². The van der Waals surface area contributed by atoms with Crippen molar-refractivity contribution < 1.29 is 4.79 Å². The minimum Gasteiger partial charge on any atom is -0.347 e. The quantitative estimate of drug-likeness (QED) is 0.702. The van der Waals surface area contributed by atoms with Crippen LogP contribution < -0.4 is 5.32 Å². The average Bonchev–Trinajstić information content (AvgIpc) is 2.97. The molecular weight excluding hydrogens is 302 g/mol. The van der Waals surface area contributed by atoms with Crippen molar-refractivity contribution in [3.8, 4) is 0 Å². The van der Waals surface area contributed by atoms with E-state index in [2.05, 4.69) is 5.32 Å². The molecule has 3 aromatic rings. The zero-order valence-electron chi connectivity index (χ0n) is 11.3. The van der Waals surface area contributed by atoms with Crippen molar-refractivity contribution in [1.29, 1.82) is 0 Å². The highest BCUT2D eigenvalue weighted by molar-refractivity contribution is 7.20. The van der Waals surface area contributed by atoms with Gasteiger partial charge in [0.1, 0.15) is 0 Å². The van der Waals surface area contributed by atoms with Crippen LogP contribution in [0.25, 0.3) is 10.1 Å². The fourth-order valence-corrected chi connectivity index (χ4v) is 3.27. The Morgan fingerprint density at radius 1 is 1.05 bits per heavy atom. The van der Waals surface area contributed by atoms with Gasteiger partial charge in [0, 0.05) is 17.1 Å². The Morgan fingerprint density at radius 2 is 1.76 bits per heavy atom. The van der Waals surface area contributed by atoms with Crippen molar-refractivity contribution in [3.05, 3.63) is 70.6 Å². The van der Waals surface area contributed by atoms with Gasteiger partial charge in [0.15, 0.2) is 0 Å². The molecule has 0 fully saturated rings. The van der Waals surface area contributed by atoms with Crippen molar-refractivity contribution in [1.82, 2.24) is 5.32 Å². The Labute approximate surface area is 132 Å². The van der Waals surface area contributed by atoms with Gasteiger partial charge in [0.2, 0.25) is 0 Å². The molecule has 0 bridgehead atoms. The first-order chi connectivity index (χ1) is 10.3. The van der Waals surface area contributed by atoms with E-state index in [4.69, 9.17) is 11.6 Å². The molecule has 1 N–H and O–H groups in total. The maximum absolute atomic E-state index is 12.2. The van der Waals surface area contributed by atoms with Gasteiger partial charge in [-0.25, -0.2) is 0 Å². The zero-order chi connectivity index (χ0) is 14.7. The van der Waals surface area contributed by atoms with Crippen LogP contribution in [-0.4, -0.2) is 5.91 Å². The van der Waals surface area contributed by atoms with Gasteiger partial charge >= 0.3 is 0 Å². The van der Waals surface area contributed by atoms with Gasteiger partial charge in [-0.2, -0.15) is 0 Å². The summed E-state index contributed by atoms with van der Waals surface area (Å²) in [6, 6.07) is 17.9. The summed E-state index contributed by atoms with van der Waals surface area (Å²) in [5.41, 5.74) is 2.15. The summed E-state index contributed by atoms with van der Waals surface area (Å²) in [4.78, 5) is 12.9. The van der Waals surface area contributed by atoms with E-state index in [9.17, 15) is 4.79 Å². The number of nitrogens with one attached hydrogen (secondary N) is 1. The van der Waals surface area contributed by atoms with Crippen LogP contribution in [0.3, 0.4) is 0 Å². The van der Waals surface area contributed by atoms with E-state index < -0.39 is 0 Å². The third-order valence-corrected chi connectivity index (χ3v) is 4.70. The molecule has 0 saturated carbocycles. The van der Waals surface area contributed by atoms with Crippen molar-refractivity contribution >= 4 is 38.9 Å². The smallest absolute Gasteiger partial charge is 0.261 e. The molecule has 0 radical (unpaired) electrons. The number of hydrogen-bond donors (Lipinski definition) is 1. The van der Waals surface area contributed by atoms with E-state index in [-0.39, 0.29) is 5.91 Å². The summed E-state index contributed by atoms with van der Waals surface area (Å²) >= 11 is 7.27. The van der Waals surface area contributed by atoms with Crippen LogP contribution in [0.15, 0.2) is 54.6 Å². The Bertz CT molecular complexity index is 731. The standard InChI is InChI=1S/C17H14ClNOS/c18-10-12-5-7-13(8-6-12)11-19-17(20)16-9-14-3-1-2-4-15(14)21-16/h1-9H,10-11H2,(H,19,20). The molecule has 1 heterocycles. The third kappa shape index (κ3) is 3.26. The molecule has 0 atom stereocenters. The molecule has 21 heavy (non-hydrogen) atoms. The highest BCUT2D eigenvalue weighted by atomic mass is 35.5. The van der Waals surface area contributed by atoms with Crippen LogP contribution in [0.2, 0.25) is 0 Å². The number of carbonyl (C=O) groups excluding carboxylic acids is 1. The first-order valence-electron chi connectivity index (χ1n) is 6.67. The van der Waals surface area contributed by atoms with Crippen molar-refractivity contribution in [2.75, 3.05) is 0 Å². The number of carbonyl (C=O) groups is 1. The SMILES string of the molecule is O=C(NCc1ccc(CCl)cc1)c1cc2ccccc2s1. The van der Waals surface area contributed by atoms with Gasteiger partial charge in [0.25, 0.3) is 5.91 Å². The Hall–Kier alpha value is -1.84. The zero-order valence-corrected chi connectivity index (χ0v) is 12.9. The lowest BCUT2D eigenvalue weighted by Gasteiger charge is -2.04. The van der Waals surface area contributed by atoms with Crippen LogP contribution in [0.4, 0.5) is 0 Å². The number of rotatable bonds is 4. The van der Waals surface area contributed by atoms with Gasteiger partial charge in [-0.3, -0.25) is 4.79 Å². The second-order valence-corrected chi connectivity index (χ2v) is 6.13. The Morgan fingerprint density at radius 3 is 2.48 bits per heavy atom. The summed E-state index contributed by atoms with van der Waals surface area (Å²) in [6.45, 7) is 0.523. The van der Waals surface area contributed by atoms with Gasteiger partial charge < -0.3 is 5.32 Å². The first kappa shape index (κ1) is 14.1. The average molecular weight is 316 g/mol. The van der Waals surface area contributed by atoms with Crippen LogP contribution >= 0.6 is 22.9 Å². The minimum atomic E-state index is -0.0300. The maximum Gasteiger partial charge on any atom is 0.261 e. The van der Waals surface area contributed by atoms with E-state index in [0.29, 0.717) is 12.4 Å². The Balaban J connectivity index is 1.68. The molecule has 106 valence electrons. The molecule has 3 rings (SSSR count). The predicted octanol–water partition coefficient (Wildman–Crippen LogP) is 4.57. The first-order valence-corrected chi connectivity index (χ1v) is 8.02. The molecule has 1 amide bonds. The summed E-state index contributed by atoms with van der Waals surface area (Å²) in [7, 11) is 0. The fourth-order valence-electron chi connectivity index (χ4n) is 2.11. The molecule has 2 nitrogen and oxygen atoms in total. The molecule has 0 aliphatic rings. The topological polar surface area (TPSA) is 29.1 Å². The van der Waals surface area contributed by atoms with Crippen LogP contribution in [-0.2, 0) is 12.4 Å². The van der Waals surface area contributed by atoms with Gasteiger partial charge in [-0.1, -0.05) is 42.5 Å². The molecule has 2 aromatic carbocycles. The van der Waals surface area contributed by atoms with E-state index in [1.54, 1.807) is 0 Å². The highest BCUT2D eigenvalue weighted by Crippen LogP contribution is 2.25. The van der Waals surface area contributed by atoms with Crippen LogP contribution in [0, 0.1) is 0 Å². The maximum atomic E-state index is 12.2. The molecular formula is C17H14ClNOS. The molecule has 0 saturated heterocycles. The molecule has 4 heteroatoms. The molecule has 0 aliphatic carbocycles. The van der Waals surface area contributed by atoms with E-state index in [0.717, 1.165) is 26.1 Å². The summed E-state index contributed by atoms with van der Waals surface area (Å²) in [5.74, 6) is 0.478. The van der Waals surface area contributed by atoms with E-state index in [1.807, 2.05) is 54.6 Å². The lowest BCUT2D eigenvalue weighted by atomic mass is 10.1. The fraction of sp³-hybridized carbons (Fsp3) is 0.118. The normalized spacial score (nSPS) is 10.7. The van der Waals surface area contributed by atoms with Gasteiger partial charge in [0.05, 0.1) is 4.88 Å². The lowest BCUT2D eigenvalue weighted by molar-refractivity contribution is 0.0955. The molecule has 1 aromatic heterocycles. The summed E-state index contributed by atoms with van der Waals surface area (Å²) in [6.07, 6.45) is 0. The van der Waals surface area contributed by atoms with E-state index in [1.165, 1.54) is 11.3 Å². The van der Waals surface area contributed by atoms with Crippen molar-refractivity contribution in [2.24, 2.45) is 0 Å². The summed E-state index contributed by atoms with van der Waals surface area (Å²) in [5, 5.41) is 4.06. The number of benzene rings is 2. The van der Waals surface area contributed by atoms with Crippen LogP contribution in [0.5, 0.6) is 0 Å². The van der Waals surface area contributed by atoms with E-state index >= 15 is 0 Å². The monoisotopic (exact) mass is 315 g/mol. The van der Waals surface area contributed by atoms with Gasteiger partial charge in [-0.15, -0.1) is 22.9 Å². The molecule has 0 spiro atoms.